The molecule has 0 amide bonds. The summed E-state index contributed by atoms with van der Waals surface area (Å²) >= 11 is 0. The van der Waals surface area contributed by atoms with E-state index in [0.717, 1.165) is 24.2 Å². The summed E-state index contributed by atoms with van der Waals surface area (Å²) in [6.45, 7) is 4.69. The lowest BCUT2D eigenvalue weighted by molar-refractivity contribution is 0.00473. The van der Waals surface area contributed by atoms with Crippen molar-refractivity contribution in [3.05, 3.63) is 102 Å². The molecule has 0 aliphatic carbocycles. The highest BCUT2D eigenvalue weighted by atomic mass is 16.6. The Hall–Kier alpha value is -3.18. The van der Waals surface area contributed by atoms with E-state index in [1.165, 1.54) is 11.1 Å². The first-order chi connectivity index (χ1) is 15.8. The fourth-order valence-electron chi connectivity index (χ4n) is 3.03. The minimum atomic E-state index is -0.130. The fraction of sp³-hybridized carbons (Fsp3) is 0.333. The lowest BCUT2D eigenvalue weighted by Gasteiger charge is -2.23. The summed E-state index contributed by atoms with van der Waals surface area (Å²) in [7, 11) is 0. The van der Waals surface area contributed by atoms with E-state index < -0.39 is 0 Å². The molecule has 2 aromatic rings. The van der Waals surface area contributed by atoms with Gasteiger partial charge >= 0.3 is 0 Å². The Balaban J connectivity index is 1.17. The van der Waals surface area contributed by atoms with E-state index in [1.54, 1.807) is 24.9 Å². The molecule has 1 aliphatic heterocycles. The van der Waals surface area contributed by atoms with Crippen LogP contribution >= 0.6 is 0 Å². The number of hydrogen-bond acceptors (Lipinski definition) is 5. The topological polar surface area (TPSA) is 46.2 Å². The molecule has 0 radical (unpaired) electrons. The average molecular weight is 437 g/mol. The van der Waals surface area contributed by atoms with Crippen LogP contribution in [0.2, 0.25) is 0 Å². The highest BCUT2D eigenvalue weighted by Gasteiger charge is 2.17. The normalized spacial score (nSPS) is 15.9. The lowest BCUT2D eigenvalue weighted by atomic mass is 10.1. The van der Waals surface area contributed by atoms with Gasteiger partial charge in [0.2, 0.25) is 0 Å². The molecule has 0 fully saturated rings. The maximum absolute atomic E-state index is 5.75. The lowest BCUT2D eigenvalue weighted by Crippen LogP contribution is -2.26. The zero-order chi connectivity index (χ0) is 22.3. The summed E-state index contributed by atoms with van der Waals surface area (Å²) in [6, 6.07) is 18.6. The van der Waals surface area contributed by atoms with Gasteiger partial charge in [0.05, 0.1) is 25.7 Å². The van der Waals surface area contributed by atoms with E-state index in [9.17, 15) is 0 Å². The number of aryl methyl sites for hydroxylation is 1. The van der Waals surface area contributed by atoms with E-state index in [2.05, 4.69) is 31.2 Å². The molecule has 170 valence electrons. The Kier molecular flexibility index (Phi) is 10.3. The van der Waals surface area contributed by atoms with Gasteiger partial charge in [0.1, 0.15) is 26.1 Å². The summed E-state index contributed by atoms with van der Waals surface area (Å²) in [6.07, 6.45) is 10.4. The second-order valence-corrected chi connectivity index (χ2v) is 7.32. The largest absolute Gasteiger partial charge is 0.497 e. The highest BCUT2D eigenvalue weighted by Crippen LogP contribution is 2.20. The minimum Gasteiger partial charge on any atom is -0.497 e. The van der Waals surface area contributed by atoms with E-state index in [1.807, 2.05) is 36.4 Å². The molecular weight excluding hydrogens is 404 g/mol. The third kappa shape index (κ3) is 8.52. The Labute approximate surface area is 190 Å². The van der Waals surface area contributed by atoms with Gasteiger partial charge in [-0.2, -0.15) is 0 Å². The van der Waals surface area contributed by atoms with Gasteiger partial charge in [0.25, 0.3) is 0 Å². The van der Waals surface area contributed by atoms with Crippen LogP contribution in [0.5, 0.6) is 0 Å². The molecule has 0 spiro atoms. The summed E-state index contributed by atoms with van der Waals surface area (Å²) in [4.78, 5) is 0. The molecule has 0 bridgehead atoms. The summed E-state index contributed by atoms with van der Waals surface area (Å²) in [5.74, 6) is 0.743. The summed E-state index contributed by atoms with van der Waals surface area (Å²) in [5, 5.41) is 0. The van der Waals surface area contributed by atoms with Gasteiger partial charge in [-0.3, -0.25) is 0 Å². The molecule has 5 nitrogen and oxygen atoms in total. The van der Waals surface area contributed by atoms with Crippen LogP contribution in [0.4, 0.5) is 0 Å². The van der Waals surface area contributed by atoms with Crippen molar-refractivity contribution in [3.63, 3.8) is 0 Å². The molecule has 32 heavy (non-hydrogen) atoms. The van der Waals surface area contributed by atoms with Crippen molar-refractivity contribution in [2.24, 2.45) is 0 Å². The van der Waals surface area contributed by atoms with Gasteiger partial charge in [-0.1, -0.05) is 61.5 Å². The van der Waals surface area contributed by atoms with Crippen molar-refractivity contribution >= 4 is 5.76 Å². The van der Waals surface area contributed by atoms with E-state index in [4.69, 9.17) is 23.7 Å². The highest BCUT2D eigenvalue weighted by molar-refractivity contribution is 5.58. The van der Waals surface area contributed by atoms with Crippen LogP contribution in [0.15, 0.2) is 85.5 Å². The summed E-state index contributed by atoms with van der Waals surface area (Å²) < 4.78 is 27.9. The third-order valence-corrected chi connectivity index (χ3v) is 4.89. The van der Waals surface area contributed by atoms with Gasteiger partial charge in [-0.05, 0) is 36.1 Å². The van der Waals surface area contributed by atoms with Crippen LogP contribution in [0, 0.1) is 0 Å². The van der Waals surface area contributed by atoms with Gasteiger partial charge in [-0.15, -0.1) is 0 Å². The number of rotatable bonds is 13. The molecule has 0 saturated carbocycles. The minimum absolute atomic E-state index is 0.130. The number of benzene rings is 2. The molecule has 3 rings (SSSR count). The first-order valence-corrected chi connectivity index (χ1v) is 11.1. The van der Waals surface area contributed by atoms with Crippen molar-refractivity contribution < 1.29 is 23.7 Å². The zero-order valence-electron chi connectivity index (χ0n) is 18.7. The molecule has 0 saturated heterocycles. The molecular formula is C27H32O5. The molecule has 1 unspecified atom stereocenters. The standard InChI is InChI=1S/C27H32O5/c1-2-23-10-12-24(13-11-23)14-19-29-17-6-15-28-16-7-18-30-20-26-21-32-27(22-31-26)25-8-4-3-5-9-25/h3-13,15,18,22,26H,2,14,16-17,19-21H2,1H3/b15-6+,18-7+. The molecule has 2 aromatic carbocycles. The third-order valence-electron chi connectivity index (χ3n) is 4.89. The smallest absolute Gasteiger partial charge is 0.166 e. The van der Waals surface area contributed by atoms with Crippen molar-refractivity contribution in [2.75, 3.05) is 33.0 Å². The fourth-order valence-corrected chi connectivity index (χ4v) is 3.03. The van der Waals surface area contributed by atoms with Crippen molar-refractivity contribution in [2.45, 2.75) is 25.9 Å². The van der Waals surface area contributed by atoms with Crippen LogP contribution in [-0.4, -0.2) is 39.1 Å². The van der Waals surface area contributed by atoms with Crippen molar-refractivity contribution in [1.29, 1.82) is 0 Å². The van der Waals surface area contributed by atoms with Gasteiger partial charge in [0.15, 0.2) is 11.9 Å². The van der Waals surface area contributed by atoms with Gasteiger partial charge in [0, 0.05) is 5.56 Å². The van der Waals surface area contributed by atoms with Crippen LogP contribution in [-0.2, 0) is 36.5 Å². The molecule has 0 aromatic heterocycles. The quantitative estimate of drug-likeness (QED) is 0.316. The maximum atomic E-state index is 5.75. The summed E-state index contributed by atoms with van der Waals surface area (Å²) in [5.41, 5.74) is 3.66. The Bertz CT molecular complexity index is 855. The van der Waals surface area contributed by atoms with Crippen LogP contribution in [0.1, 0.15) is 23.6 Å². The predicted molar refractivity (Wildman–Crippen MR) is 126 cm³/mol. The van der Waals surface area contributed by atoms with Crippen molar-refractivity contribution in [3.8, 4) is 0 Å². The zero-order valence-corrected chi connectivity index (χ0v) is 18.7. The van der Waals surface area contributed by atoms with E-state index in [-0.39, 0.29) is 6.10 Å². The maximum Gasteiger partial charge on any atom is 0.166 e. The SMILES string of the molecule is CCc1ccc(CCOC/C=C/OC/C=C/OCC2COC(c3ccccc3)=CO2)cc1. The number of hydrogen-bond donors (Lipinski definition) is 0. The molecule has 5 heteroatoms. The van der Waals surface area contributed by atoms with Gasteiger partial charge in [-0.25, -0.2) is 0 Å². The molecule has 1 heterocycles. The Morgan fingerprint density at radius 2 is 1.66 bits per heavy atom. The second-order valence-electron chi connectivity index (χ2n) is 7.32. The van der Waals surface area contributed by atoms with Crippen LogP contribution in [0.3, 0.4) is 0 Å². The second kappa shape index (κ2) is 14.0. The Morgan fingerprint density at radius 3 is 2.41 bits per heavy atom. The van der Waals surface area contributed by atoms with E-state index in [0.29, 0.717) is 33.0 Å². The van der Waals surface area contributed by atoms with Crippen LogP contribution in [0.25, 0.3) is 5.76 Å². The predicted octanol–water partition coefficient (Wildman–Crippen LogP) is 5.28. The number of ether oxygens (including phenoxy) is 5. The molecule has 1 atom stereocenters. The van der Waals surface area contributed by atoms with E-state index >= 15 is 0 Å². The molecule has 1 aliphatic rings. The molecule has 0 N–H and O–H groups in total. The van der Waals surface area contributed by atoms with Crippen LogP contribution < -0.4 is 0 Å². The first kappa shape index (κ1) is 23.5. The average Bonchev–Trinajstić information content (AvgIpc) is 2.86. The monoisotopic (exact) mass is 436 g/mol. The van der Waals surface area contributed by atoms with Gasteiger partial charge < -0.3 is 23.7 Å². The van der Waals surface area contributed by atoms with Crippen molar-refractivity contribution in [1.82, 2.24) is 0 Å². The first-order valence-electron chi connectivity index (χ1n) is 11.1. The Morgan fingerprint density at radius 1 is 0.906 bits per heavy atom.